The molecule has 0 N–H and O–H groups in total. The quantitative estimate of drug-likeness (QED) is 0.612. The molecule has 0 radical (unpaired) electrons. The average Bonchev–Trinajstić information content (AvgIpc) is 2.15. The molecule has 0 aromatic carbocycles. The zero-order chi connectivity index (χ0) is 8.81. The van der Waals surface area contributed by atoms with Crippen LogP contribution in [-0.2, 0) is 0 Å². The summed E-state index contributed by atoms with van der Waals surface area (Å²) in [4.78, 5) is 4.75. The molecule has 1 saturated heterocycles. The Balaban J connectivity index is 2.12. The first-order valence-corrected chi connectivity index (χ1v) is 5.25. The van der Waals surface area contributed by atoms with Gasteiger partial charge in [0.25, 0.3) is 0 Å². The van der Waals surface area contributed by atoms with E-state index in [-0.39, 0.29) is 0 Å². The van der Waals surface area contributed by atoms with Gasteiger partial charge >= 0.3 is 0 Å². The van der Waals surface area contributed by atoms with Gasteiger partial charge in [0.15, 0.2) is 0 Å². The molecule has 0 atom stereocenters. The van der Waals surface area contributed by atoms with Crippen LogP contribution < -0.4 is 0 Å². The van der Waals surface area contributed by atoms with Crippen LogP contribution in [0.5, 0.6) is 0 Å². The van der Waals surface area contributed by atoms with Crippen molar-refractivity contribution in [2.45, 2.75) is 19.8 Å². The lowest BCUT2D eigenvalue weighted by molar-refractivity contribution is 0.184. The molecule has 0 aromatic heterocycles. The summed E-state index contributed by atoms with van der Waals surface area (Å²) in [5.74, 6) is 0. The summed E-state index contributed by atoms with van der Waals surface area (Å²) in [6, 6.07) is 0. The van der Waals surface area contributed by atoms with Crippen molar-refractivity contribution in [3.05, 3.63) is 0 Å². The van der Waals surface area contributed by atoms with Crippen molar-refractivity contribution in [3.8, 4) is 0 Å². The van der Waals surface area contributed by atoms with Crippen molar-refractivity contribution in [1.29, 1.82) is 0 Å². The minimum absolute atomic E-state index is 1.12. The summed E-state index contributed by atoms with van der Waals surface area (Å²) < 4.78 is 0. The van der Waals surface area contributed by atoms with Gasteiger partial charge in [0.05, 0.1) is 5.49 Å². The van der Waals surface area contributed by atoms with Crippen molar-refractivity contribution in [3.63, 3.8) is 0 Å². The Labute approximate surface area is 80.5 Å². The number of hydrogen-bond acceptors (Lipinski definition) is 2. The lowest BCUT2D eigenvalue weighted by Crippen LogP contribution is -2.45. The molecule has 1 aliphatic heterocycles. The van der Waals surface area contributed by atoms with Crippen LogP contribution in [-0.4, -0.2) is 48.0 Å². The van der Waals surface area contributed by atoms with E-state index in [1.807, 2.05) is 0 Å². The number of unbranched alkanes of at least 4 members (excludes halogenated alkanes) is 1. The van der Waals surface area contributed by atoms with Gasteiger partial charge in [-0.3, -0.25) is 4.90 Å². The van der Waals surface area contributed by atoms with Gasteiger partial charge in [0.1, 0.15) is 0 Å². The highest BCUT2D eigenvalue weighted by atomic mass is 32.1. The van der Waals surface area contributed by atoms with Gasteiger partial charge in [-0.1, -0.05) is 25.6 Å². The summed E-state index contributed by atoms with van der Waals surface area (Å²) >= 11 is 4.88. The van der Waals surface area contributed by atoms with Crippen LogP contribution in [0.3, 0.4) is 0 Å². The predicted octanol–water partition coefficient (Wildman–Crippen LogP) is 1.36. The number of piperazine rings is 1. The van der Waals surface area contributed by atoms with Gasteiger partial charge in [-0.05, 0) is 13.0 Å². The molecule has 1 heterocycles. The second kappa shape index (κ2) is 5.49. The zero-order valence-corrected chi connectivity index (χ0v) is 8.65. The van der Waals surface area contributed by atoms with Crippen molar-refractivity contribution < 1.29 is 0 Å². The third-order valence-corrected chi connectivity index (χ3v) is 2.68. The number of nitrogens with zero attached hydrogens (tertiary/aromatic N) is 2. The molecule has 0 bridgehead atoms. The Bertz CT molecular complexity index is 130. The molecule has 0 spiro atoms. The Kier molecular flexibility index (Phi) is 4.54. The van der Waals surface area contributed by atoms with Gasteiger partial charge in [-0.25, -0.2) is 0 Å². The van der Waals surface area contributed by atoms with Gasteiger partial charge in [0, 0.05) is 26.2 Å². The van der Waals surface area contributed by atoms with Crippen LogP contribution in [0.4, 0.5) is 0 Å². The normalized spacial score (nSPS) is 19.6. The Morgan fingerprint density at radius 3 is 2.42 bits per heavy atom. The molecule has 0 saturated carbocycles. The molecule has 1 fully saturated rings. The van der Waals surface area contributed by atoms with Crippen LogP contribution in [0.15, 0.2) is 0 Å². The minimum atomic E-state index is 1.12. The maximum atomic E-state index is 4.88. The third kappa shape index (κ3) is 3.07. The van der Waals surface area contributed by atoms with E-state index in [4.69, 9.17) is 12.2 Å². The smallest absolute Gasteiger partial charge is 0.0641 e. The minimum Gasteiger partial charge on any atom is -0.366 e. The van der Waals surface area contributed by atoms with E-state index in [9.17, 15) is 0 Å². The molecule has 3 heteroatoms. The summed E-state index contributed by atoms with van der Waals surface area (Å²) in [6.45, 7) is 8.12. The van der Waals surface area contributed by atoms with Crippen molar-refractivity contribution in [2.75, 3.05) is 32.7 Å². The van der Waals surface area contributed by atoms with E-state index in [1.54, 1.807) is 5.49 Å². The maximum absolute atomic E-state index is 4.88. The molecule has 1 rings (SSSR count). The highest BCUT2D eigenvalue weighted by molar-refractivity contribution is 7.78. The van der Waals surface area contributed by atoms with Crippen LogP contribution in [0.25, 0.3) is 0 Å². The monoisotopic (exact) mass is 186 g/mol. The first kappa shape index (κ1) is 9.93. The summed E-state index contributed by atoms with van der Waals surface area (Å²) in [5.41, 5.74) is 1.79. The fourth-order valence-electron chi connectivity index (χ4n) is 1.47. The van der Waals surface area contributed by atoms with Crippen molar-refractivity contribution >= 4 is 17.7 Å². The Morgan fingerprint density at radius 2 is 1.92 bits per heavy atom. The zero-order valence-electron chi connectivity index (χ0n) is 7.83. The van der Waals surface area contributed by atoms with E-state index < -0.39 is 0 Å². The molecule has 2 nitrogen and oxygen atoms in total. The number of thiocarbonyl (C=S) groups is 1. The van der Waals surface area contributed by atoms with Crippen molar-refractivity contribution in [1.82, 2.24) is 9.80 Å². The van der Waals surface area contributed by atoms with Crippen LogP contribution in [0.1, 0.15) is 19.8 Å². The molecule has 1 aliphatic rings. The fraction of sp³-hybridized carbons (Fsp3) is 0.889. The summed E-state index contributed by atoms with van der Waals surface area (Å²) in [5, 5.41) is 0. The highest BCUT2D eigenvalue weighted by Crippen LogP contribution is 2.01. The van der Waals surface area contributed by atoms with Gasteiger partial charge in [-0.15, -0.1) is 0 Å². The van der Waals surface area contributed by atoms with Gasteiger partial charge in [0.2, 0.25) is 0 Å². The van der Waals surface area contributed by atoms with Crippen LogP contribution in [0.2, 0.25) is 0 Å². The Morgan fingerprint density at radius 1 is 1.25 bits per heavy atom. The molecule has 0 unspecified atom stereocenters. The molecular weight excluding hydrogens is 168 g/mol. The number of hydrogen-bond donors (Lipinski definition) is 0. The average molecular weight is 186 g/mol. The summed E-state index contributed by atoms with van der Waals surface area (Å²) in [7, 11) is 0. The molecule has 12 heavy (non-hydrogen) atoms. The predicted molar refractivity (Wildman–Crippen MR) is 56.6 cm³/mol. The largest absolute Gasteiger partial charge is 0.366 e. The van der Waals surface area contributed by atoms with Crippen LogP contribution in [0, 0.1) is 0 Å². The molecule has 0 aliphatic carbocycles. The standard InChI is InChI=1S/C9H18N2S/c1-2-3-4-10-5-7-11(9-12)8-6-10/h9H,2-8H2,1H3. The third-order valence-electron chi connectivity index (χ3n) is 2.38. The highest BCUT2D eigenvalue weighted by Gasteiger charge is 2.12. The van der Waals surface area contributed by atoms with E-state index in [0.29, 0.717) is 0 Å². The molecule has 0 aromatic rings. The van der Waals surface area contributed by atoms with E-state index in [1.165, 1.54) is 32.5 Å². The summed E-state index contributed by atoms with van der Waals surface area (Å²) in [6.07, 6.45) is 2.63. The maximum Gasteiger partial charge on any atom is 0.0641 e. The van der Waals surface area contributed by atoms with E-state index in [0.717, 1.165) is 13.1 Å². The molecule has 0 amide bonds. The lowest BCUT2D eigenvalue weighted by atomic mass is 10.3. The number of rotatable bonds is 4. The SMILES string of the molecule is CCCCN1CCN(C=S)CC1. The van der Waals surface area contributed by atoms with Gasteiger partial charge < -0.3 is 4.90 Å². The molecular formula is C9H18N2S. The van der Waals surface area contributed by atoms with Crippen LogP contribution >= 0.6 is 12.2 Å². The Hall–Kier alpha value is -0.150. The van der Waals surface area contributed by atoms with E-state index >= 15 is 0 Å². The lowest BCUT2D eigenvalue weighted by Gasteiger charge is -2.33. The fourth-order valence-corrected chi connectivity index (χ4v) is 1.68. The second-order valence-electron chi connectivity index (χ2n) is 3.34. The first-order chi connectivity index (χ1) is 5.86. The van der Waals surface area contributed by atoms with Gasteiger partial charge in [-0.2, -0.15) is 0 Å². The first-order valence-electron chi connectivity index (χ1n) is 4.78. The molecule has 70 valence electrons. The topological polar surface area (TPSA) is 6.48 Å². The van der Waals surface area contributed by atoms with E-state index in [2.05, 4.69) is 16.7 Å². The second-order valence-corrected chi connectivity index (χ2v) is 3.55. The van der Waals surface area contributed by atoms with Crippen molar-refractivity contribution in [2.24, 2.45) is 0 Å².